The number of likely N-dealkylation sites (N-methyl/N-ethyl adjacent to an activating group) is 1. The van der Waals surface area contributed by atoms with Crippen LogP contribution < -0.4 is 0 Å². The Bertz CT molecular complexity index is 933. The minimum Gasteiger partial charge on any atom is -0.475 e. The summed E-state index contributed by atoms with van der Waals surface area (Å²) in [5, 5.41) is 15.0. The van der Waals surface area contributed by atoms with Gasteiger partial charge in [-0.05, 0) is 43.5 Å². The normalized spacial score (nSPS) is 14.7. The molecule has 1 aliphatic rings. The van der Waals surface area contributed by atoms with Gasteiger partial charge in [-0.1, -0.05) is 18.5 Å². The van der Waals surface area contributed by atoms with Crippen molar-refractivity contribution in [3.63, 3.8) is 0 Å². The lowest BCUT2D eigenvalue weighted by Crippen LogP contribution is -2.27. The lowest BCUT2D eigenvalue weighted by molar-refractivity contribution is -0.193. The Labute approximate surface area is 189 Å². The van der Waals surface area contributed by atoms with Crippen LogP contribution in [0.25, 0.3) is 11.0 Å². The molecule has 0 atom stereocenters. The highest BCUT2D eigenvalue weighted by molar-refractivity contribution is 6.31. The summed E-state index contributed by atoms with van der Waals surface area (Å²) in [4.78, 5) is 28.1. The average Bonchev–Trinajstić information content (AvgIpc) is 3.23. The van der Waals surface area contributed by atoms with Crippen molar-refractivity contribution in [3.8, 4) is 0 Å². The Balaban J connectivity index is 0.000000324. The van der Waals surface area contributed by atoms with Gasteiger partial charge < -0.3 is 20.1 Å². The fourth-order valence-electron chi connectivity index (χ4n) is 2.55. The van der Waals surface area contributed by atoms with Gasteiger partial charge in [-0.2, -0.15) is 26.3 Å². The number of nitrogens with one attached hydrogen (secondary N) is 1. The fraction of sp³-hybridized carbons (Fsp3) is 0.526. The first kappa shape index (κ1) is 28.5. The van der Waals surface area contributed by atoms with E-state index in [0.29, 0.717) is 5.41 Å². The molecule has 0 saturated heterocycles. The van der Waals surface area contributed by atoms with Crippen molar-refractivity contribution in [1.82, 2.24) is 14.9 Å². The minimum atomic E-state index is -5.08. The number of carboxylic acid groups (broad SMARTS) is 2. The predicted molar refractivity (Wildman–Crippen MR) is 107 cm³/mol. The molecule has 1 aromatic heterocycles. The molecule has 1 fully saturated rings. The molecule has 3 N–H and O–H groups in total. The first-order valence-corrected chi connectivity index (χ1v) is 9.74. The number of fused-ring (bicyclic) bond motifs is 1. The van der Waals surface area contributed by atoms with Gasteiger partial charge in [-0.25, -0.2) is 14.6 Å². The van der Waals surface area contributed by atoms with Crippen LogP contribution in [-0.2, 0) is 16.0 Å². The number of H-pyrrole nitrogens is 1. The number of benzene rings is 1. The molecule has 1 aromatic carbocycles. The third-order valence-electron chi connectivity index (χ3n) is 4.46. The number of nitrogens with zero attached hydrogens (tertiary/aromatic N) is 2. The van der Waals surface area contributed by atoms with Crippen LogP contribution in [0.1, 0.15) is 25.6 Å². The summed E-state index contributed by atoms with van der Waals surface area (Å²) in [5.74, 6) is -4.47. The van der Waals surface area contributed by atoms with E-state index >= 15 is 0 Å². The molecule has 1 heterocycles. The zero-order valence-corrected chi connectivity index (χ0v) is 18.3. The molecule has 7 nitrogen and oxygen atoms in total. The Hall–Kier alpha value is -2.54. The molecule has 0 radical (unpaired) electrons. The molecule has 0 unspecified atom stereocenters. The van der Waals surface area contributed by atoms with E-state index in [4.69, 9.17) is 31.4 Å². The molecular weight excluding hydrogens is 484 g/mol. The van der Waals surface area contributed by atoms with Crippen molar-refractivity contribution < 1.29 is 46.1 Å². The molecule has 2 aromatic rings. The van der Waals surface area contributed by atoms with Gasteiger partial charge in [0.2, 0.25) is 0 Å². The van der Waals surface area contributed by atoms with E-state index < -0.39 is 24.3 Å². The zero-order valence-electron chi connectivity index (χ0n) is 17.5. The summed E-state index contributed by atoms with van der Waals surface area (Å²) in [5.41, 5.74) is 2.60. The number of aromatic amines is 1. The van der Waals surface area contributed by atoms with Crippen molar-refractivity contribution in [2.24, 2.45) is 5.41 Å². The lowest BCUT2D eigenvalue weighted by Gasteiger charge is -2.19. The summed E-state index contributed by atoms with van der Waals surface area (Å²) >= 11 is 5.98. The van der Waals surface area contributed by atoms with Crippen LogP contribution in [0.4, 0.5) is 26.3 Å². The topological polar surface area (TPSA) is 107 Å². The maximum atomic E-state index is 10.6. The van der Waals surface area contributed by atoms with Crippen LogP contribution in [0, 0.1) is 5.41 Å². The van der Waals surface area contributed by atoms with Crippen LogP contribution >= 0.6 is 11.6 Å². The van der Waals surface area contributed by atoms with Crippen LogP contribution in [0.3, 0.4) is 0 Å². The number of carboxylic acids is 2. The predicted octanol–water partition coefficient (Wildman–Crippen LogP) is 4.76. The maximum Gasteiger partial charge on any atom is 0.490 e. The number of rotatable bonds is 5. The Kier molecular flexibility index (Phi) is 9.54. The molecule has 0 amide bonds. The molecule has 33 heavy (non-hydrogen) atoms. The second-order valence-electron chi connectivity index (χ2n) is 7.75. The standard InChI is InChI=1S/C15H20ClN3.2C2HF3O2/c1-15(6-7-15)10-19(2)8-5-14-17-12-4-3-11(16)9-13(12)18-14;2*3-2(4,5)1(6)7/h3-4,9H,5-8,10H2,1-2H3,(H,17,18);2*(H,6,7). The highest BCUT2D eigenvalue weighted by Gasteiger charge is 2.39. The van der Waals surface area contributed by atoms with Gasteiger partial charge in [-0.3, -0.25) is 0 Å². The van der Waals surface area contributed by atoms with Crippen LogP contribution in [-0.4, -0.2) is 69.5 Å². The second kappa shape index (κ2) is 11.1. The van der Waals surface area contributed by atoms with Crippen molar-refractivity contribution in [1.29, 1.82) is 0 Å². The first-order valence-electron chi connectivity index (χ1n) is 9.36. The molecule has 3 rings (SSSR count). The molecule has 1 saturated carbocycles. The molecule has 14 heteroatoms. The largest absolute Gasteiger partial charge is 0.490 e. The summed E-state index contributed by atoms with van der Waals surface area (Å²) in [6, 6.07) is 5.78. The van der Waals surface area contributed by atoms with Crippen molar-refractivity contribution >= 4 is 34.6 Å². The number of hydrogen-bond donors (Lipinski definition) is 3. The summed E-state index contributed by atoms with van der Waals surface area (Å²) in [6.07, 6.45) is -6.46. The van der Waals surface area contributed by atoms with E-state index in [1.54, 1.807) is 0 Å². The monoisotopic (exact) mass is 505 g/mol. The molecule has 0 spiro atoms. The number of halogens is 7. The van der Waals surface area contributed by atoms with E-state index in [2.05, 4.69) is 28.8 Å². The number of aromatic nitrogens is 2. The third kappa shape index (κ3) is 10.7. The second-order valence-corrected chi connectivity index (χ2v) is 8.19. The van der Waals surface area contributed by atoms with E-state index in [9.17, 15) is 26.3 Å². The van der Waals surface area contributed by atoms with Crippen molar-refractivity contribution in [2.75, 3.05) is 20.1 Å². The fourth-order valence-corrected chi connectivity index (χ4v) is 2.72. The smallest absolute Gasteiger partial charge is 0.475 e. The Morgan fingerprint density at radius 3 is 2.03 bits per heavy atom. The highest BCUT2D eigenvalue weighted by atomic mass is 35.5. The Morgan fingerprint density at radius 1 is 1.12 bits per heavy atom. The van der Waals surface area contributed by atoms with Gasteiger partial charge in [-0.15, -0.1) is 0 Å². The number of carbonyl (C=O) groups is 2. The van der Waals surface area contributed by atoms with E-state index in [0.717, 1.165) is 34.8 Å². The number of imidazole rings is 1. The SMILES string of the molecule is CN(CCc1nc2ccc(Cl)cc2[nH]1)CC1(C)CC1.O=C(O)C(F)(F)F.O=C(O)C(F)(F)F. The van der Waals surface area contributed by atoms with Gasteiger partial charge in [0.15, 0.2) is 0 Å². The van der Waals surface area contributed by atoms with Gasteiger partial charge in [0, 0.05) is 24.5 Å². The van der Waals surface area contributed by atoms with Gasteiger partial charge in [0.25, 0.3) is 0 Å². The average molecular weight is 506 g/mol. The molecule has 186 valence electrons. The maximum absolute atomic E-state index is 10.6. The van der Waals surface area contributed by atoms with Gasteiger partial charge in [0.1, 0.15) is 5.82 Å². The van der Waals surface area contributed by atoms with Crippen molar-refractivity contribution in [2.45, 2.75) is 38.5 Å². The number of hydrogen-bond acceptors (Lipinski definition) is 4. The molecular formula is C19H22ClF6N3O4. The summed E-state index contributed by atoms with van der Waals surface area (Å²) in [6.45, 7) is 4.61. The van der Waals surface area contributed by atoms with E-state index in [1.165, 1.54) is 19.4 Å². The third-order valence-corrected chi connectivity index (χ3v) is 4.70. The molecule has 1 aliphatic carbocycles. The van der Waals surface area contributed by atoms with Crippen LogP contribution in [0.2, 0.25) is 5.02 Å². The van der Waals surface area contributed by atoms with Crippen LogP contribution in [0.5, 0.6) is 0 Å². The number of alkyl halides is 6. The zero-order chi connectivity index (χ0) is 25.6. The van der Waals surface area contributed by atoms with Gasteiger partial charge >= 0.3 is 24.3 Å². The molecule has 0 bridgehead atoms. The Morgan fingerprint density at radius 2 is 1.61 bits per heavy atom. The lowest BCUT2D eigenvalue weighted by atomic mass is 10.1. The van der Waals surface area contributed by atoms with Crippen LogP contribution in [0.15, 0.2) is 18.2 Å². The summed E-state index contributed by atoms with van der Waals surface area (Å²) in [7, 11) is 2.20. The minimum absolute atomic E-state index is 0.580. The first-order chi connectivity index (χ1) is 14.9. The van der Waals surface area contributed by atoms with Gasteiger partial charge in [0.05, 0.1) is 11.0 Å². The number of aliphatic carboxylic acids is 2. The van der Waals surface area contributed by atoms with E-state index in [-0.39, 0.29) is 0 Å². The highest BCUT2D eigenvalue weighted by Crippen LogP contribution is 2.45. The van der Waals surface area contributed by atoms with E-state index in [1.807, 2.05) is 18.2 Å². The quantitative estimate of drug-likeness (QED) is 0.506. The molecule has 0 aliphatic heterocycles. The van der Waals surface area contributed by atoms with Crippen molar-refractivity contribution in [3.05, 3.63) is 29.0 Å². The summed E-state index contributed by atoms with van der Waals surface area (Å²) < 4.78 is 63.5.